The molecule has 0 aromatic heterocycles. The Morgan fingerprint density at radius 2 is 1.70 bits per heavy atom. The molecule has 0 saturated heterocycles. The van der Waals surface area contributed by atoms with Gasteiger partial charge in [-0.3, -0.25) is 4.79 Å². The van der Waals surface area contributed by atoms with E-state index in [2.05, 4.69) is 86.9 Å². The van der Waals surface area contributed by atoms with Gasteiger partial charge in [0.1, 0.15) is 0 Å². The van der Waals surface area contributed by atoms with Crippen LogP contribution in [0.2, 0.25) is 0 Å². The van der Waals surface area contributed by atoms with Crippen LogP contribution < -0.4 is 0 Å². The van der Waals surface area contributed by atoms with Crippen molar-refractivity contribution in [3.63, 3.8) is 0 Å². The first-order valence-corrected chi connectivity index (χ1v) is 12.4. The lowest BCUT2D eigenvalue weighted by Gasteiger charge is -2.21. The van der Waals surface area contributed by atoms with Gasteiger partial charge in [-0.2, -0.15) is 0 Å². The summed E-state index contributed by atoms with van der Waals surface area (Å²) in [6.07, 6.45) is 7.35. The molecule has 3 nitrogen and oxygen atoms in total. The van der Waals surface area contributed by atoms with E-state index in [1.54, 1.807) is 18.7 Å². The largest absolute Gasteiger partial charge is 0.481 e. The summed E-state index contributed by atoms with van der Waals surface area (Å²) in [4.78, 5) is 12.7. The molecule has 0 bridgehead atoms. The first-order valence-electron chi connectivity index (χ1n) is 11.1. The van der Waals surface area contributed by atoms with Crippen LogP contribution in [0.1, 0.15) is 41.2 Å². The molecule has 0 amide bonds. The summed E-state index contributed by atoms with van der Waals surface area (Å²) in [6.45, 7) is 5.46. The summed E-state index contributed by atoms with van der Waals surface area (Å²) in [5.74, 6) is -0.962. The van der Waals surface area contributed by atoms with Crippen molar-refractivity contribution in [1.29, 1.82) is 0 Å². The van der Waals surface area contributed by atoms with Gasteiger partial charge in [-0.05, 0) is 90.9 Å². The zero-order valence-electron chi connectivity index (χ0n) is 19.8. The van der Waals surface area contributed by atoms with Crippen LogP contribution in [0.15, 0.2) is 65.6 Å². The third kappa shape index (κ3) is 5.95. The average molecular weight is 461 g/mol. The lowest BCUT2D eigenvalue weighted by molar-refractivity contribution is -0.150. The Kier molecular flexibility index (Phi) is 8.17. The average Bonchev–Trinajstić information content (AvgIpc) is 2.83. The van der Waals surface area contributed by atoms with E-state index in [1.165, 1.54) is 32.7 Å². The number of benzene rings is 3. The van der Waals surface area contributed by atoms with Crippen molar-refractivity contribution in [2.24, 2.45) is 5.41 Å². The second-order valence-electron chi connectivity index (χ2n) is 8.80. The van der Waals surface area contributed by atoms with Crippen LogP contribution in [0.4, 0.5) is 0 Å². The normalized spacial score (nSPS) is 13.2. The molecule has 0 radical (unpaired) electrons. The predicted molar refractivity (Wildman–Crippen MR) is 140 cm³/mol. The van der Waals surface area contributed by atoms with Crippen molar-refractivity contribution in [2.75, 3.05) is 12.9 Å². The summed E-state index contributed by atoms with van der Waals surface area (Å²) < 4.78 is 0. The molecular formula is C29H32O3S. The Balaban J connectivity index is 1.83. The minimum absolute atomic E-state index is 0.365. The van der Waals surface area contributed by atoms with E-state index in [-0.39, 0.29) is 6.61 Å². The summed E-state index contributed by atoms with van der Waals surface area (Å²) in [5, 5.41) is 18.9. The molecule has 1 unspecified atom stereocenters. The van der Waals surface area contributed by atoms with Crippen molar-refractivity contribution in [3.8, 4) is 11.1 Å². The molecule has 0 spiro atoms. The van der Waals surface area contributed by atoms with Crippen molar-refractivity contribution in [1.82, 2.24) is 0 Å². The standard InChI is InChI=1S/C29H32O3S/c1-20-8-9-22(16-17-29(3,19-30)28(31)32)18-25(20)11-10-23-6-5-7-27(21(23)2)24-12-14-26(33-4)15-13-24/h5-15,18,30H,16-17,19H2,1-4H3,(H,31,32)/b11-10+. The van der Waals surface area contributed by atoms with E-state index in [4.69, 9.17) is 0 Å². The molecule has 3 aromatic carbocycles. The monoisotopic (exact) mass is 460 g/mol. The van der Waals surface area contributed by atoms with Crippen molar-refractivity contribution < 1.29 is 15.0 Å². The number of rotatable bonds is 9. The molecule has 3 rings (SSSR count). The number of aryl methyl sites for hydroxylation is 2. The highest BCUT2D eigenvalue weighted by Gasteiger charge is 2.31. The number of aliphatic carboxylic acids is 1. The Morgan fingerprint density at radius 3 is 2.33 bits per heavy atom. The number of hydrogen-bond donors (Lipinski definition) is 2. The zero-order valence-corrected chi connectivity index (χ0v) is 20.6. The summed E-state index contributed by atoms with van der Waals surface area (Å²) >= 11 is 1.74. The van der Waals surface area contributed by atoms with Gasteiger partial charge in [0.25, 0.3) is 0 Å². The topological polar surface area (TPSA) is 57.5 Å². The zero-order chi connectivity index (χ0) is 24.0. The van der Waals surface area contributed by atoms with Gasteiger partial charge in [-0.25, -0.2) is 0 Å². The van der Waals surface area contributed by atoms with Gasteiger partial charge in [0.15, 0.2) is 0 Å². The number of hydrogen-bond acceptors (Lipinski definition) is 3. The Hall–Kier alpha value is -2.82. The Morgan fingerprint density at radius 1 is 1.00 bits per heavy atom. The minimum atomic E-state index is -1.12. The lowest BCUT2D eigenvalue weighted by atomic mass is 9.84. The van der Waals surface area contributed by atoms with Crippen LogP contribution in [-0.4, -0.2) is 29.0 Å². The van der Waals surface area contributed by atoms with Crippen molar-refractivity contribution in [2.45, 2.75) is 38.5 Å². The number of thioether (sulfide) groups is 1. The highest BCUT2D eigenvalue weighted by atomic mass is 32.2. The summed E-state index contributed by atoms with van der Waals surface area (Å²) in [6, 6.07) is 21.3. The fraction of sp³-hybridized carbons (Fsp3) is 0.276. The lowest BCUT2D eigenvalue weighted by Crippen LogP contribution is -2.32. The molecule has 0 heterocycles. The maximum atomic E-state index is 11.5. The van der Waals surface area contributed by atoms with Gasteiger partial charge >= 0.3 is 5.97 Å². The van der Waals surface area contributed by atoms with Gasteiger partial charge in [0.05, 0.1) is 12.0 Å². The number of carbonyl (C=O) groups is 1. The smallest absolute Gasteiger partial charge is 0.311 e. The summed E-state index contributed by atoms with van der Waals surface area (Å²) in [5.41, 5.74) is 7.08. The number of carboxylic acids is 1. The van der Waals surface area contributed by atoms with E-state index in [0.717, 1.165) is 11.1 Å². The molecule has 0 aliphatic heterocycles. The van der Waals surface area contributed by atoms with Crippen molar-refractivity contribution >= 4 is 29.9 Å². The molecule has 2 N–H and O–H groups in total. The van der Waals surface area contributed by atoms with Crippen LogP contribution in [0.25, 0.3) is 23.3 Å². The minimum Gasteiger partial charge on any atom is -0.481 e. The third-order valence-electron chi connectivity index (χ3n) is 6.39. The second-order valence-corrected chi connectivity index (χ2v) is 9.68. The fourth-order valence-corrected chi connectivity index (χ4v) is 4.20. The maximum Gasteiger partial charge on any atom is 0.311 e. The highest BCUT2D eigenvalue weighted by molar-refractivity contribution is 7.98. The van der Waals surface area contributed by atoms with Gasteiger partial charge in [-0.1, -0.05) is 60.7 Å². The van der Waals surface area contributed by atoms with Gasteiger partial charge in [0.2, 0.25) is 0 Å². The van der Waals surface area contributed by atoms with E-state index < -0.39 is 11.4 Å². The Bertz CT molecular complexity index is 1150. The second kappa shape index (κ2) is 10.9. The molecule has 4 heteroatoms. The first-order chi connectivity index (χ1) is 15.8. The van der Waals surface area contributed by atoms with Crippen LogP contribution in [-0.2, 0) is 11.2 Å². The van der Waals surface area contributed by atoms with Crippen LogP contribution >= 0.6 is 11.8 Å². The fourth-order valence-electron chi connectivity index (χ4n) is 3.80. The quantitative estimate of drug-likeness (QED) is 0.270. The molecule has 0 aliphatic carbocycles. The number of aliphatic hydroxyl groups is 1. The molecule has 33 heavy (non-hydrogen) atoms. The molecule has 1 atom stereocenters. The summed E-state index contributed by atoms with van der Waals surface area (Å²) in [7, 11) is 0. The van der Waals surface area contributed by atoms with E-state index in [9.17, 15) is 15.0 Å². The predicted octanol–water partition coefficient (Wildman–Crippen LogP) is 6.88. The van der Waals surface area contributed by atoms with Gasteiger partial charge in [-0.15, -0.1) is 11.8 Å². The van der Waals surface area contributed by atoms with E-state index in [0.29, 0.717) is 12.8 Å². The molecule has 0 fully saturated rings. The molecule has 0 saturated carbocycles. The van der Waals surface area contributed by atoms with Crippen LogP contribution in [0.5, 0.6) is 0 Å². The maximum absolute atomic E-state index is 11.5. The highest BCUT2D eigenvalue weighted by Crippen LogP contribution is 2.29. The van der Waals surface area contributed by atoms with E-state index >= 15 is 0 Å². The van der Waals surface area contributed by atoms with Gasteiger partial charge < -0.3 is 10.2 Å². The third-order valence-corrected chi connectivity index (χ3v) is 7.14. The number of aliphatic hydroxyl groups excluding tert-OH is 1. The molecule has 172 valence electrons. The number of carboxylic acid groups (broad SMARTS) is 1. The van der Waals surface area contributed by atoms with E-state index in [1.807, 2.05) is 6.07 Å². The first kappa shape index (κ1) is 24.8. The SMILES string of the molecule is CSc1ccc(-c2cccc(/C=C/c3cc(CCC(C)(CO)C(=O)O)ccc3C)c2C)cc1. The molecular weight excluding hydrogens is 428 g/mol. The molecule has 3 aromatic rings. The Labute approximate surface area is 201 Å². The van der Waals surface area contributed by atoms with Crippen molar-refractivity contribution in [3.05, 3.63) is 88.5 Å². The van der Waals surface area contributed by atoms with Crippen LogP contribution in [0.3, 0.4) is 0 Å². The van der Waals surface area contributed by atoms with Gasteiger partial charge in [0, 0.05) is 4.90 Å². The van der Waals surface area contributed by atoms with Crippen LogP contribution in [0, 0.1) is 19.3 Å². The molecule has 0 aliphatic rings.